The number of aryl methyl sites for hydroxylation is 3. The molecule has 0 atom stereocenters. The van der Waals surface area contributed by atoms with Gasteiger partial charge in [-0.05, 0) is 29.8 Å². The monoisotopic (exact) mass is 326 g/mol. The Hall–Kier alpha value is -1.63. The zero-order valence-corrected chi connectivity index (χ0v) is 12.6. The summed E-state index contributed by atoms with van der Waals surface area (Å²) in [6.07, 6.45) is 1.47. The molecule has 0 saturated carbocycles. The minimum absolute atomic E-state index is 0.210. The van der Waals surface area contributed by atoms with Gasteiger partial charge < -0.3 is 4.57 Å². The highest BCUT2D eigenvalue weighted by Crippen LogP contribution is 2.21. The Morgan fingerprint density at radius 1 is 1.37 bits per heavy atom. The topological polar surface area (TPSA) is 61.8 Å². The molecule has 0 saturated heterocycles. The number of nitrogens with zero attached hydrogens (tertiary/aromatic N) is 4. The van der Waals surface area contributed by atoms with Crippen molar-refractivity contribution in [3.8, 4) is 0 Å². The largest absolute Gasteiger partial charge is 0.331 e. The molecule has 2 aromatic heterocycles. The number of hydrogen-bond donors (Lipinski definition) is 0. The van der Waals surface area contributed by atoms with Crippen molar-refractivity contribution < 1.29 is 0 Å². The van der Waals surface area contributed by atoms with Gasteiger partial charge in [0.05, 0.1) is 22.4 Å². The molecule has 6 nitrogen and oxygen atoms in total. The number of hydrogen-bond acceptors (Lipinski definition) is 3. The van der Waals surface area contributed by atoms with E-state index in [1.54, 1.807) is 11.7 Å². The van der Waals surface area contributed by atoms with Gasteiger partial charge in [-0.1, -0.05) is 0 Å². The first-order chi connectivity index (χ1) is 8.95. The van der Waals surface area contributed by atoms with Crippen LogP contribution < -0.4 is 11.2 Å². The third-order valence-corrected chi connectivity index (χ3v) is 4.03. The van der Waals surface area contributed by atoms with E-state index in [0.29, 0.717) is 6.54 Å². The fourth-order valence-corrected chi connectivity index (χ4v) is 2.34. The van der Waals surface area contributed by atoms with Crippen molar-refractivity contribution in [1.29, 1.82) is 0 Å². The second kappa shape index (κ2) is 5.16. The van der Waals surface area contributed by atoms with E-state index in [9.17, 15) is 9.59 Å². The Morgan fingerprint density at radius 3 is 2.68 bits per heavy atom. The Morgan fingerprint density at radius 2 is 2.05 bits per heavy atom. The van der Waals surface area contributed by atoms with Crippen LogP contribution >= 0.6 is 15.9 Å². The smallest absolute Gasteiger partial charge is 0.303 e. The van der Waals surface area contributed by atoms with Gasteiger partial charge in [0.2, 0.25) is 0 Å². The van der Waals surface area contributed by atoms with E-state index < -0.39 is 0 Å². The molecule has 0 amide bonds. The molecule has 0 fully saturated rings. The molecule has 0 aliphatic rings. The maximum Gasteiger partial charge on any atom is 0.331 e. The summed E-state index contributed by atoms with van der Waals surface area (Å²) in [5.74, 6) is 0. The summed E-state index contributed by atoms with van der Waals surface area (Å²) < 4.78 is 5.22. The fourth-order valence-electron chi connectivity index (χ4n) is 1.93. The second-order valence-corrected chi connectivity index (χ2v) is 5.09. The zero-order valence-electron chi connectivity index (χ0n) is 11.1. The van der Waals surface area contributed by atoms with Gasteiger partial charge in [-0.25, -0.2) is 4.79 Å². The van der Waals surface area contributed by atoms with Crippen LogP contribution in [0.3, 0.4) is 0 Å². The van der Waals surface area contributed by atoms with Crippen molar-refractivity contribution in [2.24, 2.45) is 7.05 Å². The van der Waals surface area contributed by atoms with Crippen LogP contribution in [0, 0.1) is 6.92 Å². The Balaban J connectivity index is 2.57. The van der Waals surface area contributed by atoms with Crippen LogP contribution in [0.1, 0.15) is 18.3 Å². The summed E-state index contributed by atoms with van der Waals surface area (Å²) in [6.45, 7) is 4.74. The predicted molar refractivity (Wildman–Crippen MR) is 75.4 cm³/mol. The van der Waals surface area contributed by atoms with Gasteiger partial charge >= 0.3 is 5.69 Å². The van der Waals surface area contributed by atoms with E-state index in [1.165, 1.54) is 21.4 Å². The molecule has 0 N–H and O–H groups in total. The normalized spacial score (nSPS) is 10.9. The van der Waals surface area contributed by atoms with Crippen molar-refractivity contribution >= 4 is 15.9 Å². The summed E-state index contributed by atoms with van der Waals surface area (Å²) in [6, 6.07) is 1.38. The minimum atomic E-state index is -0.332. The molecule has 0 aliphatic carbocycles. The van der Waals surface area contributed by atoms with E-state index >= 15 is 0 Å². The van der Waals surface area contributed by atoms with E-state index in [2.05, 4.69) is 21.0 Å². The van der Waals surface area contributed by atoms with Crippen molar-refractivity contribution in [2.75, 3.05) is 0 Å². The van der Waals surface area contributed by atoms with Crippen LogP contribution in [-0.4, -0.2) is 18.9 Å². The van der Waals surface area contributed by atoms with Gasteiger partial charge in [0.15, 0.2) is 0 Å². The van der Waals surface area contributed by atoms with E-state index in [-0.39, 0.29) is 17.8 Å². The predicted octanol–water partition coefficient (Wildman–Crippen LogP) is 0.883. The zero-order chi connectivity index (χ0) is 14.2. The van der Waals surface area contributed by atoms with Crippen LogP contribution in [0.5, 0.6) is 0 Å². The number of aromatic nitrogens is 4. The molecule has 2 heterocycles. The van der Waals surface area contributed by atoms with Crippen LogP contribution in [0.25, 0.3) is 0 Å². The van der Waals surface area contributed by atoms with Gasteiger partial charge in [0.25, 0.3) is 5.56 Å². The first-order valence-electron chi connectivity index (χ1n) is 5.94. The molecule has 0 aromatic carbocycles. The lowest BCUT2D eigenvalue weighted by atomic mass is 10.3. The summed E-state index contributed by atoms with van der Waals surface area (Å²) in [5.41, 5.74) is 1.03. The second-order valence-electron chi connectivity index (χ2n) is 4.30. The Bertz CT molecular complexity index is 726. The van der Waals surface area contributed by atoms with Gasteiger partial charge in [-0.2, -0.15) is 5.10 Å². The average Bonchev–Trinajstić information content (AvgIpc) is 2.66. The molecule has 0 radical (unpaired) electrons. The van der Waals surface area contributed by atoms with Crippen LogP contribution in [-0.2, 0) is 20.1 Å². The number of halogens is 1. The van der Waals surface area contributed by atoms with Crippen molar-refractivity contribution in [3.05, 3.63) is 49.0 Å². The molecule has 2 rings (SSSR count). The quantitative estimate of drug-likeness (QED) is 0.841. The minimum Gasteiger partial charge on any atom is -0.303 e. The van der Waals surface area contributed by atoms with Gasteiger partial charge in [-0.15, -0.1) is 0 Å². The Labute approximate surface area is 118 Å². The molecule has 7 heteroatoms. The Kier molecular flexibility index (Phi) is 3.75. The summed E-state index contributed by atoms with van der Waals surface area (Å²) in [4.78, 5) is 23.8. The molecule has 102 valence electrons. The maximum absolute atomic E-state index is 12.0. The van der Waals surface area contributed by atoms with Crippen LogP contribution in [0.4, 0.5) is 0 Å². The lowest BCUT2D eigenvalue weighted by molar-refractivity contribution is 0.566. The molecule has 0 unspecified atom stereocenters. The molecule has 0 aliphatic heterocycles. The van der Waals surface area contributed by atoms with Crippen molar-refractivity contribution in [3.63, 3.8) is 0 Å². The third kappa shape index (κ3) is 2.42. The molecular weight excluding hydrogens is 312 g/mol. The first-order valence-corrected chi connectivity index (χ1v) is 6.73. The lowest BCUT2D eigenvalue weighted by Crippen LogP contribution is -2.38. The maximum atomic E-state index is 12.0. The highest BCUT2D eigenvalue weighted by molar-refractivity contribution is 9.10. The highest BCUT2D eigenvalue weighted by atomic mass is 79.9. The van der Waals surface area contributed by atoms with Gasteiger partial charge in [-0.3, -0.25) is 14.0 Å². The van der Waals surface area contributed by atoms with E-state index in [4.69, 9.17) is 0 Å². The summed E-state index contributed by atoms with van der Waals surface area (Å²) in [7, 11) is 1.62. The molecule has 0 bridgehead atoms. The molecule has 0 spiro atoms. The molecular formula is C12H15BrN4O2. The summed E-state index contributed by atoms with van der Waals surface area (Å²) in [5, 5.41) is 4.35. The van der Waals surface area contributed by atoms with E-state index in [1.807, 2.05) is 13.8 Å². The third-order valence-electron chi connectivity index (χ3n) is 3.00. The summed E-state index contributed by atoms with van der Waals surface area (Å²) >= 11 is 3.46. The standard InChI is InChI=1S/C12H15BrN4O2/c1-4-17-9(11(13)8(2)14-17)7-16-10(18)5-6-15(3)12(16)19/h5-6H,4,7H2,1-3H3. The van der Waals surface area contributed by atoms with Crippen molar-refractivity contribution in [2.45, 2.75) is 26.9 Å². The number of rotatable bonds is 3. The van der Waals surface area contributed by atoms with Crippen molar-refractivity contribution in [1.82, 2.24) is 18.9 Å². The molecule has 19 heavy (non-hydrogen) atoms. The van der Waals surface area contributed by atoms with Gasteiger partial charge in [0.1, 0.15) is 0 Å². The first kappa shape index (κ1) is 13.8. The fraction of sp³-hybridized carbons (Fsp3) is 0.417. The van der Waals surface area contributed by atoms with Gasteiger partial charge in [0, 0.05) is 25.9 Å². The molecule has 2 aromatic rings. The van der Waals surface area contributed by atoms with E-state index in [0.717, 1.165) is 15.9 Å². The van der Waals surface area contributed by atoms with Crippen LogP contribution in [0.15, 0.2) is 26.3 Å². The van der Waals surface area contributed by atoms with Crippen LogP contribution in [0.2, 0.25) is 0 Å². The average molecular weight is 327 g/mol. The highest BCUT2D eigenvalue weighted by Gasteiger charge is 2.14. The SMILES string of the molecule is CCn1nc(C)c(Br)c1Cn1c(=O)ccn(C)c1=O. The lowest BCUT2D eigenvalue weighted by Gasteiger charge is -2.08.